The van der Waals surface area contributed by atoms with Crippen molar-refractivity contribution in [2.24, 2.45) is 16.8 Å². The molecule has 2 rings (SSSR count). The third-order valence-electron chi connectivity index (χ3n) is 3.28. The highest BCUT2D eigenvalue weighted by Crippen LogP contribution is 2.49. The molecule has 7 heteroatoms. The molecule has 108 valence electrons. The van der Waals surface area contributed by atoms with Crippen LogP contribution in [0.1, 0.15) is 18.4 Å². The Morgan fingerprint density at radius 1 is 1.45 bits per heavy atom. The van der Waals surface area contributed by atoms with Gasteiger partial charge in [0.05, 0.1) is 0 Å². The summed E-state index contributed by atoms with van der Waals surface area (Å²) in [4.78, 5) is 15.3. The van der Waals surface area contributed by atoms with Gasteiger partial charge in [-0.05, 0) is 30.5 Å². The second kappa shape index (κ2) is 5.97. The van der Waals surface area contributed by atoms with E-state index in [1.807, 2.05) is 0 Å². The molecule has 1 aliphatic carbocycles. The molecule has 1 fully saturated rings. The summed E-state index contributed by atoms with van der Waals surface area (Å²) in [7, 11) is 0. The molecule has 0 aliphatic heterocycles. The van der Waals surface area contributed by atoms with Gasteiger partial charge in [-0.3, -0.25) is 0 Å². The molecule has 2 N–H and O–H groups in total. The number of oxime groups is 1. The average molecular weight is 319 g/mol. The van der Waals surface area contributed by atoms with Crippen molar-refractivity contribution in [2.75, 3.05) is 5.88 Å². The molecule has 1 aromatic carbocycles. The third kappa shape index (κ3) is 3.22. The molecule has 1 saturated carbocycles. The van der Waals surface area contributed by atoms with Crippen LogP contribution < -0.4 is 5.73 Å². The van der Waals surface area contributed by atoms with Crippen molar-refractivity contribution in [1.29, 1.82) is 0 Å². The number of rotatable bonds is 4. The number of benzene rings is 1. The summed E-state index contributed by atoms with van der Waals surface area (Å²) in [5.74, 6) is -1.15. The lowest BCUT2D eigenvalue weighted by molar-refractivity contribution is -0.140. The van der Waals surface area contributed by atoms with Gasteiger partial charge < -0.3 is 10.6 Å². The highest BCUT2D eigenvalue weighted by atomic mass is 35.5. The van der Waals surface area contributed by atoms with Crippen LogP contribution in [0.2, 0.25) is 5.02 Å². The van der Waals surface area contributed by atoms with Crippen molar-refractivity contribution in [1.82, 2.24) is 0 Å². The number of hydrogen-bond donors (Lipinski definition) is 1. The standard InChI is InChI=1S/C13H13Cl2FN2O2/c14-7-11(19)20-18-12(17)8-5-13(16,6-8)9-1-3-10(15)4-2-9/h1-4,8H,5-7H2,(H2,17,18). The number of carbonyl (C=O) groups excluding carboxylic acids is 1. The van der Waals surface area contributed by atoms with E-state index in [1.54, 1.807) is 24.3 Å². The van der Waals surface area contributed by atoms with E-state index in [0.717, 1.165) is 0 Å². The van der Waals surface area contributed by atoms with Crippen LogP contribution in [0, 0.1) is 5.92 Å². The summed E-state index contributed by atoms with van der Waals surface area (Å²) in [6.45, 7) is 0. The molecule has 0 saturated heterocycles. The Kier molecular flexibility index (Phi) is 4.50. The van der Waals surface area contributed by atoms with Gasteiger partial charge in [0.25, 0.3) is 0 Å². The normalized spacial score (nSPS) is 25.9. The monoisotopic (exact) mass is 318 g/mol. The van der Waals surface area contributed by atoms with Gasteiger partial charge in [0.2, 0.25) is 0 Å². The number of carbonyl (C=O) groups is 1. The molecule has 0 bridgehead atoms. The Labute approximate surface area is 125 Å². The lowest BCUT2D eigenvalue weighted by atomic mass is 9.68. The molecule has 20 heavy (non-hydrogen) atoms. The van der Waals surface area contributed by atoms with Crippen LogP contribution in [0.25, 0.3) is 0 Å². The minimum absolute atomic E-state index is 0.103. The molecule has 0 amide bonds. The van der Waals surface area contributed by atoms with Gasteiger partial charge in [-0.2, -0.15) is 0 Å². The van der Waals surface area contributed by atoms with Crippen molar-refractivity contribution in [2.45, 2.75) is 18.5 Å². The summed E-state index contributed by atoms with van der Waals surface area (Å²) in [6.07, 6.45) is 0.394. The fraction of sp³-hybridized carbons (Fsp3) is 0.385. The number of alkyl halides is 2. The number of amidine groups is 1. The first-order valence-corrected chi connectivity index (χ1v) is 6.90. The van der Waals surface area contributed by atoms with Gasteiger partial charge in [-0.25, -0.2) is 9.18 Å². The molecule has 1 aliphatic rings. The average Bonchev–Trinajstić information content (AvgIpc) is 2.41. The Bertz CT molecular complexity index is 528. The first-order chi connectivity index (χ1) is 9.44. The van der Waals surface area contributed by atoms with Gasteiger partial charge in [0.1, 0.15) is 17.4 Å². The Hall–Kier alpha value is -1.33. The van der Waals surface area contributed by atoms with Crippen LogP contribution in [0.5, 0.6) is 0 Å². The van der Waals surface area contributed by atoms with Crippen LogP contribution >= 0.6 is 23.2 Å². The van der Waals surface area contributed by atoms with E-state index in [2.05, 4.69) is 9.99 Å². The lowest BCUT2D eigenvalue weighted by Gasteiger charge is -2.41. The van der Waals surface area contributed by atoms with Gasteiger partial charge in [0.15, 0.2) is 0 Å². The van der Waals surface area contributed by atoms with E-state index in [-0.39, 0.29) is 30.5 Å². The van der Waals surface area contributed by atoms with Crippen molar-refractivity contribution < 1.29 is 14.0 Å². The van der Waals surface area contributed by atoms with Crippen LogP contribution in [-0.4, -0.2) is 17.7 Å². The molecule has 0 spiro atoms. The zero-order valence-electron chi connectivity index (χ0n) is 10.5. The predicted octanol–water partition coefficient (Wildman–Crippen LogP) is 2.97. The maximum atomic E-state index is 14.6. The van der Waals surface area contributed by atoms with E-state index < -0.39 is 11.6 Å². The van der Waals surface area contributed by atoms with Crippen molar-refractivity contribution in [3.8, 4) is 0 Å². The second-order valence-electron chi connectivity index (χ2n) is 4.69. The molecule has 4 nitrogen and oxygen atoms in total. The molecular formula is C13H13Cl2FN2O2. The fourth-order valence-corrected chi connectivity index (χ4v) is 2.29. The molecule has 0 atom stereocenters. The molecule has 0 aromatic heterocycles. The zero-order chi connectivity index (χ0) is 14.8. The Morgan fingerprint density at radius 3 is 2.60 bits per heavy atom. The number of nitrogens with two attached hydrogens (primary N) is 1. The zero-order valence-corrected chi connectivity index (χ0v) is 12.0. The summed E-state index contributed by atoms with van der Waals surface area (Å²) in [5.41, 5.74) is 4.77. The lowest BCUT2D eigenvalue weighted by Crippen LogP contribution is -2.44. The maximum Gasteiger partial charge on any atom is 0.349 e. The predicted molar refractivity (Wildman–Crippen MR) is 75.4 cm³/mol. The minimum Gasteiger partial charge on any atom is -0.384 e. The minimum atomic E-state index is -1.44. The maximum absolute atomic E-state index is 14.6. The SMILES string of the molecule is NC(=NOC(=O)CCl)C1CC(F)(c2ccc(Cl)cc2)C1. The smallest absolute Gasteiger partial charge is 0.349 e. The van der Waals surface area contributed by atoms with E-state index in [0.29, 0.717) is 10.6 Å². The number of nitrogens with zero attached hydrogens (tertiary/aromatic N) is 1. The van der Waals surface area contributed by atoms with Crippen molar-refractivity contribution >= 4 is 35.0 Å². The van der Waals surface area contributed by atoms with Crippen LogP contribution in [-0.2, 0) is 15.3 Å². The van der Waals surface area contributed by atoms with Crippen LogP contribution in [0.4, 0.5) is 4.39 Å². The molecule has 0 heterocycles. The fourth-order valence-electron chi connectivity index (χ4n) is 2.12. The summed E-state index contributed by atoms with van der Waals surface area (Å²) in [6, 6.07) is 6.59. The number of halogens is 3. The van der Waals surface area contributed by atoms with Crippen molar-refractivity contribution in [3.63, 3.8) is 0 Å². The summed E-state index contributed by atoms with van der Waals surface area (Å²) in [5, 5.41) is 4.02. The highest BCUT2D eigenvalue weighted by molar-refractivity contribution is 6.30. The van der Waals surface area contributed by atoms with Crippen LogP contribution in [0.15, 0.2) is 29.4 Å². The first kappa shape index (κ1) is 15.1. The molecule has 0 unspecified atom stereocenters. The number of hydrogen-bond acceptors (Lipinski definition) is 3. The molecular weight excluding hydrogens is 306 g/mol. The van der Waals surface area contributed by atoms with E-state index in [1.165, 1.54) is 0 Å². The van der Waals surface area contributed by atoms with E-state index >= 15 is 0 Å². The van der Waals surface area contributed by atoms with Crippen LogP contribution in [0.3, 0.4) is 0 Å². The van der Waals surface area contributed by atoms with Gasteiger partial charge in [-0.1, -0.05) is 28.9 Å². The van der Waals surface area contributed by atoms with Gasteiger partial charge >= 0.3 is 5.97 Å². The largest absolute Gasteiger partial charge is 0.384 e. The Morgan fingerprint density at radius 2 is 2.05 bits per heavy atom. The second-order valence-corrected chi connectivity index (χ2v) is 5.39. The topological polar surface area (TPSA) is 64.7 Å². The molecule has 1 aromatic rings. The summed E-state index contributed by atoms with van der Waals surface area (Å²) < 4.78 is 14.6. The molecule has 0 radical (unpaired) electrons. The Balaban J connectivity index is 1.96. The van der Waals surface area contributed by atoms with Gasteiger partial charge in [-0.15, -0.1) is 11.6 Å². The van der Waals surface area contributed by atoms with Gasteiger partial charge in [0, 0.05) is 10.9 Å². The third-order valence-corrected chi connectivity index (χ3v) is 3.75. The quantitative estimate of drug-likeness (QED) is 0.305. The first-order valence-electron chi connectivity index (χ1n) is 5.99. The summed E-state index contributed by atoms with van der Waals surface area (Å²) >= 11 is 11.0. The van der Waals surface area contributed by atoms with Crippen molar-refractivity contribution in [3.05, 3.63) is 34.9 Å². The highest BCUT2D eigenvalue weighted by Gasteiger charge is 2.48. The van der Waals surface area contributed by atoms with E-state index in [9.17, 15) is 9.18 Å². The van der Waals surface area contributed by atoms with E-state index in [4.69, 9.17) is 28.9 Å².